The van der Waals surface area contributed by atoms with Gasteiger partial charge in [-0.1, -0.05) is 223 Å². The number of aromatic nitrogens is 4. The first-order chi connectivity index (χ1) is 57.1. The fourth-order valence-corrected chi connectivity index (χ4v) is 17.3. The van der Waals surface area contributed by atoms with Gasteiger partial charge >= 0.3 is 0 Å². The Morgan fingerprint density at radius 3 is 1.27 bits per heavy atom. The molecule has 12 nitrogen and oxygen atoms in total. The van der Waals surface area contributed by atoms with Gasteiger partial charge in [0.25, 0.3) is 11.8 Å². The van der Waals surface area contributed by atoms with Gasteiger partial charge in [-0.25, -0.2) is 9.97 Å². The lowest BCUT2D eigenvalue weighted by Gasteiger charge is -2.32. The van der Waals surface area contributed by atoms with Crippen molar-refractivity contribution in [2.45, 2.75) is 99.8 Å². The number of carbonyl (C=O) groups excluding carboxylic acids is 2. The number of aromatic amines is 2. The van der Waals surface area contributed by atoms with Crippen LogP contribution < -0.4 is 20.1 Å². The first kappa shape index (κ1) is 78.1. The summed E-state index contributed by atoms with van der Waals surface area (Å²) >= 11 is 0. The fourth-order valence-electron chi connectivity index (χ4n) is 17.3. The topological polar surface area (TPSA) is 174 Å². The smallest absolute Gasteiger partial charge is 0.255 e. The van der Waals surface area contributed by atoms with Gasteiger partial charge < -0.3 is 40.3 Å². The van der Waals surface area contributed by atoms with Gasteiger partial charge in [0.15, 0.2) is 0 Å². The largest absolute Gasteiger partial charge is 0.508 e. The van der Waals surface area contributed by atoms with Crippen LogP contribution in [-0.4, -0.2) is 56.2 Å². The van der Waals surface area contributed by atoms with Crippen molar-refractivity contribution in [3.63, 3.8) is 0 Å². The lowest BCUT2D eigenvalue weighted by Crippen LogP contribution is -2.19. The van der Waals surface area contributed by atoms with Crippen LogP contribution in [0.5, 0.6) is 23.0 Å². The van der Waals surface area contributed by atoms with Crippen molar-refractivity contribution in [2.24, 2.45) is 5.41 Å². The lowest BCUT2D eigenvalue weighted by molar-refractivity contribution is 0.101. The van der Waals surface area contributed by atoms with Gasteiger partial charge in [-0.2, -0.15) is 0 Å². The second kappa shape index (κ2) is 33.2. The molecule has 2 unspecified atom stereocenters. The average molecular weight is 1550 g/mol. The van der Waals surface area contributed by atoms with E-state index in [1.54, 1.807) is 26.4 Å². The van der Waals surface area contributed by atoms with Gasteiger partial charge in [0.05, 0.1) is 37.0 Å². The third kappa shape index (κ3) is 15.9. The number of methoxy groups -OCH3 is 2. The van der Waals surface area contributed by atoms with Gasteiger partial charge in [0.1, 0.15) is 23.0 Å². The van der Waals surface area contributed by atoms with E-state index in [1.807, 2.05) is 84.9 Å². The normalized spacial score (nSPS) is 15.9. The maximum absolute atomic E-state index is 14.5. The zero-order valence-electron chi connectivity index (χ0n) is 68.5. The van der Waals surface area contributed by atoms with Crippen LogP contribution in [0.4, 0.5) is 11.4 Å². The predicted octanol–water partition coefficient (Wildman–Crippen LogP) is 26.6. The number of hydrogen-bond acceptors (Lipinski definition) is 8. The van der Waals surface area contributed by atoms with Gasteiger partial charge in [-0.15, -0.1) is 0 Å². The van der Waals surface area contributed by atoms with Crippen molar-refractivity contribution < 1.29 is 29.3 Å². The minimum atomic E-state index is -0.314. The number of nitrogens with zero attached hydrogens (tertiary/aromatic N) is 2. The molecule has 118 heavy (non-hydrogen) atoms. The van der Waals surface area contributed by atoms with Crippen LogP contribution in [0.25, 0.3) is 108 Å². The Balaban J connectivity index is 0.652. The highest BCUT2D eigenvalue weighted by Gasteiger charge is 2.49. The standard InChI is InChI=1S/C106H96N6O6/c1-63(17-12-13-18-64(2)20-15-22-66(4)29-49-83-69(7)23-16-60-106(83,8)9)19-14-21-65(3)24-30-70-31-37-75(38-32-70)104(115)107-77-44-39-73(40-45-77)96-88-54-50-84(109-88)94(71-33-25-67(5)26-34-71)86-52-56-90(111-86)97(91-57-53-87(112-91)95(85-51-55-89(96)110-85)72-35-27-68(6)28-36-72)74-41-46-78(47-42-74)108-105(116)76-43-48-79-80(61-76)103(118-11)101-82-62-81(100(101)102(79)117-10)98-92(113)58-59-93(114)99(82)98/h12-15,17-22,24-59,61,81-82,109,112-114H,16,23,60,62H2,1-11H3,(H,107,115)(H,108,116)/b13-12+,19-14+,20-15+,30-24+,49-29+,63-17+,64-18+,65-21+,66-22+,94-84?,94-86?,95-85?,95-87?,96-88?,96-89?,97-90?,97-91?. The number of ether oxygens (including phenoxy) is 2. The number of fused-ring (bicyclic) bond motifs is 17. The molecule has 2 amide bonds. The molecule has 3 aliphatic carbocycles. The third-order valence-corrected chi connectivity index (χ3v) is 23.4. The Morgan fingerprint density at radius 2 is 0.839 bits per heavy atom. The number of anilines is 2. The van der Waals surface area contributed by atoms with E-state index >= 15 is 0 Å². The minimum absolute atomic E-state index is 0.131. The molecule has 5 aliphatic rings. The number of rotatable bonds is 20. The summed E-state index contributed by atoms with van der Waals surface area (Å²) in [4.78, 5) is 47.3. The summed E-state index contributed by atoms with van der Waals surface area (Å²) in [6, 6.07) is 57.5. The van der Waals surface area contributed by atoms with E-state index in [0.29, 0.717) is 51.4 Å². The minimum Gasteiger partial charge on any atom is -0.508 e. The number of H-pyrrole nitrogens is 2. The Kier molecular flexibility index (Phi) is 21.9. The third-order valence-electron chi connectivity index (χ3n) is 23.4. The SMILES string of the molecule is COc1c2c(c(OC)c3cc(C(=O)Nc4ccc(-c5c6nc(c(-c7ccc(C)cc7)c7ccc([nH]7)c(-c7ccc(NC(=O)c8ccc(/C=C/C(C)=C/C=C/C(C)=C/C=C/C=C(C)/C=C/C=C(C)/C=C/C9=C(C)CCCC9(C)C)cc8)cc7)c7nc(c(-c8ccc(C)cc8)c8ccc5[nH]8)C=C7)C=C6)cc4)ccc13)C1CC2c2c(O)ccc(O)c21. The molecular weight excluding hydrogens is 1450 g/mol. The van der Waals surface area contributed by atoms with E-state index in [1.165, 1.54) is 47.6 Å². The highest BCUT2D eigenvalue weighted by molar-refractivity contribution is 6.10. The molecule has 5 heterocycles. The molecule has 2 aliphatic heterocycles. The Labute approximate surface area is 690 Å². The second-order valence-corrected chi connectivity index (χ2v) is 32.2. The molecular formula is C106H96N6O6. The molecule has 16 rings (SSSR count). The summed E-state index contributed by atoms with van der Waals surface area (Å²) in [7, 11) is 3.26. The quantitative estimate of drug-likeness (QED) is 0.0323. The lowest BCUT2D eigenvalue weighted by atomic mass is 9.72. The van der Waals surface area contributed by atoms with Crippen LogP contribution in [-0.2, 0) is 0 Å². The highest BCUT2D eigenvalue weighted by atomic mass is 16.5. The van der Waals surface area contributed by atoms with Crippen LogP contribution >= 0.6 is 0 Å². The van der Waals surface area contributed by atoms with E-state index in [9.17, 15) is 19.8 Å². The molecule has 0 saturated carbocycles. The molecule has 10 bridgehead atoms. The number of benzene rings is 8. The summed E-state index contributed by atoms with van der Waals surface area (Å²) in [6.45, 7) is 19.6. The number of carbonyl (C=O) groups is 2. The average Bonchev–Trinajstić information content (AvgIpc) is 1.52. The molecule has 2 atom stereocenters. The number of phenolic OH excluding ortho intramolecular Hbond substituents is 2. The molecule has 586 valence electrons. The maximum atomic E-state index is 14.5. The van der Waals surface area contributed by atoms with Crippen molar-refractivity contribution in [3.8, 4) is 67.5 Å². The molecule has 0 spiro atoms. The van der Waals surface area contributed by atoms with Crippen molar-refractivity contribution >= 4 is 86.4 Å². The first-order valence-corrected chi connectivity index (χ1v) is 40.4. The van der Waals surface area contributed by atoms with Gasteiger partial charge in [-0.3, -0.25) is 9.59 Å². The van der Waals surface area contributed by atoms with Crippen molar-refractivity contribution in [2.75, 3.05) is 24.9 Å². The van der Waals surface area contributed by atoms with Crippen LogP contribution in [0.3, 0.4) is 0 Å². The highest BCUT2D eigenvalue weighted by Crippen LogP contribution is 2.66. The summed E-state index contributed by atoms with van der Waals surface area (Å²) in [5.74, 6) is 0.594. The molecule has 11 aromatic rings. The molecule has 3 aromatic heterocycles. The number of aryl methyl sites for hydroxylation is 2. The molecule has 0 radical (unpaired) electrons. The number of phenols is 2. The van der Waals surface area contributed by atoms with E-state index in [0.717, 1.165) is 139 Å². The Bertz CT molecular complexity index is 6410. The fraction of sp³-hybridized carbons (Fsp3) is 0.170. The van der Waals surface area contributed by atoms with Crippen molar-refractivity contribution in [3.05, 3.63) is 361 Å². The summed E-state index contributed by atoms with van der Waals surface area (Å²) in [5, 5.41) is 30.0. The Morgan fingerprint density at radius 1 is 0.449 bits per heavy atom. The van der Waals surface area contributed by atoms with Crippen LogP contribution in [0, 0.1) is 19.3 Å². The second-order valence-electron chi connectivity index (χ2n) is 32.2. The van der Waals surface area contributed by atoms with Crippen LogP contribution in [0.1, 0.15) is 168 Å². The number of hydrogen-bond donors (Lipinski definition) is 6. The van der Waals surface area contributed by atoms with E-state index in [2.05, 4.69) is 265 Å². The van der Waals surface area contributed by atoms with E-state index in [-0.39, 0.29) is 40.6 Å². The predicted molar refractivity (Wildman–Crippen MR) is 489 cm³/mol. The van der Waals surface area contributed by atoms with E-state index in [4.69, 9.17) is 19.4 Å². The number of allylic oxidation sites excluding steroid dienone is 19. The zero-order chi connectivity index (χ0) is 82.0. The van der Waals surface area contributed by atoms with Crippen LogP contribution in [0.2, 0.25) is 0 Å². The molecule has 12 heteroatoms. The monoisotopic (exact) mass is 1550 g/mol. The van der Waals surface area contributed by atoms with Gasteiger partial charge in [0, 0.05) is 112 Å². The molecule has 0 saturated heterocycles. The van der Waals surface area contributed by atoms with Gasteiger partial charge in [0.2, 0.25) is 0 Å². The Hall–Kier alpha value is -13.8. The number of aromatic hydroxyl groups is 2. The van der Waals surface area contributed by atoms with E-state index < -0.39 is 0 Å². The van der Waals surface area contributed by atoms with Crippen molar-refractivity contribution in [1.29, 1.82) is 0 Å². The summed E-state index contributed by atoms with van der Waals surface area (Å²) in [6.07, 6.45) is 42.5. The number of nitrogens with one attached hydrogen (secondary N) is 4. The first-order valence-electron chi connectivity index (χ1n) is 40.4. The summed E-state index contributed by atoms with van der Waals surface area (Å²) < 4.78 is 12.4. The molecule has 0 fully saturated rings. The molecule has 6 N–H and O–H groups in total. The van der Waals surface area contributed by atoms with Crippen LogP contribution in [0.15, 0.2) is 288 Å². The number of amides is 2. The van der Waals surface area contributed by atoms with Crippen molar-refractivity contribution in [1.82, 2.24) is 19.9 Å². The summed E-state index contributed by atoms with van der Waals surface area (Å²) in [5.41, 5.74) is 30.2. The zero-order valence-corrected chi connectivity index (χ0v) is 68.5. The van der Waals surface area contributed by atoms with Gasteiger partial charge in [-0.05, 0) is 228 Å². The molecule has 8 aromatic carbocycles. The maximum Gasteiger partial charge on any atom is 0.255 e.